The minimum atomic E-state index is -0.867. The van der Waals surface area contributed by atoms with E-state index < -0.39 is 5.60 Å². The molecule has 0 bridgehead atoms. The van der Waals surface area contributed by atoms with Crippen molar-refractivity contribution in [2.24, 2.45) is 5.92 Å². The van der Waals surface area contributed by atoms with Crippen molar-refractivity contribution in [1.82, 2.24) is 0 Å². The van der Waals surface area contributed by atoms with Crippen molar-refractivity contribution in [3.8, 4) is 0 Å². The molecule has 0 radical (unpaired) electrons. The van der Waals surface area contributed by atoms with Crippen LogP contribution in [0, 0.1) is 5.92 Å². The molecule has 0 fully saturated rings. The molecule has 0 aromatic carbocycles. The fourth-order valence-electron chi connectivity index (χ4n) is 7.83. The summed E-state index contributed by atoms with van der Waals surface area (Å²) in [6.07, 6.45) is 52.1. The zero-order valence-corrected chi connectivity index (χ0v) is 33.3. The molecular formula is C45H92O2. The van der Waals surface area contributed by atoms with E-state index >= 15 is 0 Å². The monoisotopic (exact) mass is 665 g/mol. The first kappa shape index (κ1) is 46.9. The van der Waals surface area contributed by atoms with E-state index in [0.29, 0.717) is 0 Å². The molecule has 0 heterocycles. The topological polar surface area (TPSA) is 40.5 Å². The first-order chi connectivity index (χ1) is 23.1. The summed E-state index contributed by atoms with van der Waals surface area (Å²) in [4.78, 5) is 0. The lowest BCUT2D eigenvalue weighted by Gasteiger charge is -2.35. The van der Waals surface area contributed by atoms with Crippen LogP contribution in [0.3, 0.4) is 0 Å². The normalized spacial score (nSPS) is 13.1. The van der Waals surface area contributed by atoms with Crippen LogP contribution >= 0.6 is 0 Å². The second kappa shape index (κ2) is 38.7. The van der Waals surface area contributed by atoms with Gasteiger partial charge in [-0.2, -0.15) is 0 Å². The maximum absolute atomic E-state index is 11.7. The zero-order chi connectivity index (χ0) is 34.4. The van der Waals surface area contributed by atoms with Gasteiger partial charge >= 0.3 is 0 Å². The van der Waals surface area contributed by atoms with Crippen molar-refractivity contribution in [1.29, 1.82) is 0 Å². The number of aliphatic hydroxyl groups excluding tert-OH is 1. The highest BCUT2D eigenvalue weighted by Crippen LogP contribution is 2.33. The van der Waals surface area contributed by atoms with Gasteiger partial charge in [-0.15, -0.1) is 0 Å². The molecule has 0 aliphatic carbocycles. The summed E-state index contributed by atoms with van der Waals surface area (Å²) in [5, 5.41) is 22.2. The molecule has 47 heavy (non-hydrogen) atoms. The summed E-state index contributed by atoms with van der Waals surface area (Å²) >= 11 is 0. The highest BCUT2D eigenvalue weighted by atomic mass is 16.3. The third-order valence-electron chi connectivity index (χ3n) is 11.3. The first-order valence-electron chi connectivity index (χ1n) is 22.5. The summed E-state index contributed by atoms with van der Waals surface area (Å²) in [5.74, 6) is 0.270. The molecule has 0 aliphatic rings. The quantitative estimate of drug-likeness (QED) is 0.0639. The standard InChI is InChI=1S/C45H92O2/c1-4-7-10-13-16-19-22-25-28-31-34-37-40-44(41-38-35-32-29-26-23-20-17-14-11-8-5-2)45(47,43-46)42-39-36-33-30-27-24-21-18-15-12-9-6-3/h44,46-47H,4-43H2,1-3H3/t45-/m1/s1. The molecule has 2 heteroatoms. The van der Waals surface area contributed by atoms with Gasteiger partial charge in [-0.1, -0.05) is 252 Å². The van der Waals surface area contributed by atoms with Crippen LogP contribution in [0.1, 0.15) is 271 Å². The van der Waals surface area contributed by atoms with Gasteiger partial charge < -0.3 is 10.2 Å². The second-order valence-electron chi connectivity index (χ2n) is 16.0. The molecule has 2 N–H and O–H groups in total. The summed E-state index contributed by atoms with van der Waals surface area (Å²) in [7, 11) is 0. The highest BCUT2D eigenvalue weighted by molar-refractivity contribution is 4.86. The summed E-state index contributed by atoms with van der Waals surface area (Å²) in [6, 6.07) is 0. The molecule has 0 spiro atoms. The third kappa shape index (κ3) is 32.9. The Bertz CT molecular complexity index is 534. The van der Waals surface area contributed by atoms with Crippen molar-refractivity contribution in [3.63, 3.8) is 0 Å². The Morgan fingerprint density at radius 3 is 0.766 bits per heavy atom. The number of hydrogen-bond acceptors (Lipinski definition) is 2. The van der Waals surface area contributed by atoms with Gasteiger partial charge in [-0.05, 0) is 25.2 Å². The van der Waals surface area contributed by atoms with Gasteiger partial charge in [0.05, 0.1) is 12.2 Å². The fourth-order valence-corrected chi connectivity index (χ4v) is 7.83. The molecule has 2 nitrogen and oxygen atoms in total. The predicted octanol–water partition coefficient (Wildman–Crippen LogP) is 15.6. The SMILES string of the molecule is CCCCCCCCCCCCCCC(CCCCCCCCCCCCCC)[C@](O)(CO)CCCCCCCCCCCCCC. The van der Waals surface area contributed by atoms with Crippen LogP contribution in [0.25, 0.3) is 0 Å². The van der Waals surface area contributed by atoms with Gasteiger partial charge in [0.1, 0.15) is 0 Å². The first-order valence-corrected chi connectivity index (χ1v) is 22.5. The van der Waals surface area contributed by atoms with Crippen molar-refractivity contribution < 1.29 is 10.2 Å². The maximum atomic E-state index is 11.7. The Kier molecular flexibility index (Phi) is 38.7. The Morgan fingerprint density at radius 1 is 0.319 bits per heavy atom. The lowest BCUT2D eigenvalue weighted by Crippen LogP contribution is -2.42. The van der Waals surface area contributed by atoms with Crippen LogP contribution in [-0.2, 0) is 0 Å². The van der Waals surface area contributed by atoms with Crippen molar-refractivity contribution in [2.45, 2.75) is 277 Å². The fraction of sp³-hybridized carbons (Fsp3) is 1.00. The van der Waals surface area contributed by atoms with Gasteiger partial charge in [0.25, 0.3) is 0 Å². The molecule has 1 atom stereocenters. The summed E-state index contributed by atoms with van der Waals surface area (Å²) in [6.45, 7) is 6.84. The number of unbranched alkanes of at least 4 members (excludes halogenated alkanes) is 33. The molecule has 0 amide bonds. The van der Waals surface area contributed by atoms with E-state index in [0.717, 1.165) is 25.7 Å². The van der Waals surface area contributed by atoms with Crippen LogP contribution in [0.4, 0.5) is 0 Å². The minimum absolute atomic E-state index is 0.0494. The molecule has 0 unspecified atom stereocenters. The number of aliphatic hydroxyl groups is 2. The maximum Gasteiger partial charge on any atom is 0.0905 e. The van der Waals surface area contributed by atoms with E-state index in [1.54, 1.807) is 0 Å². The Labute approximate surface area is 298 Å². The van der Waals surface area contributed by atoms with Crippen LogP contribution in [0.5, 0.6) is 0 Å². The van der Waals surface area contributed by atoms with E-state index in [4.69, 9.17) is 0 Å². The molecule has 284 valence electrons. The lowest BCUT2D eigenvalue weighted by atomic mass is 9.77. The van der Waals surface area contributed by atoms with E-state index in [-0.39, 0.29) is 12.5 Å². The molecular weight excluding hydrogens is 572 g/mol. The van der Waals surface area contributed by atoms with Crippen molar-refractivity contribution in [2.75, 3.05) is 6.61 Å². The van der Waals surface area contributed by atoms with Crippen LogP contribution in [-0.4, -0.2) is 22.4 Å². The third-order valence-corrected chi connectivity index (χ3v) is 11.3. The molecule has 0 aromatic rings. The summed E-state index contributed by atoms with van der Waals surface area (Å²) < 4.78 is 0. The van der Waals surface area contributed by atoms with Gasteiger partial charge in [-0.25, -0.2) is 0 Å². The van der Waals surface area contributed by atoms with E-state index in [9.17, 15) is 10.2 Å². The average molecular weight is 665 g/mol. The van der Waals surface area contributed by atoms with E-state index in [1.807, 2.05) is 0 Å². The second-order valence-corrected chi connectivity index (χ2v) is 16.0. The van der Waals surface area contributed by atoms with Gasteiger partial charge in [0.15, 0.2) is 0 Å². The molecule has 0 rings (SSSR count). The average Bonchev–Trinajstić information content (AvgIpc) is 3.08. The smallest absolute Gasteiger partial charge is 0.0905 e. The highest BCUT2D eigenvalue weighted by Gasteiger charge is 2.34. The Balaban J connectivity index is 4.35. The van der Waals surface area contributed by atoms with Gasteiger partial charge in [0.2, 0.25) is 0 Å². The summed E-state index contributed by atoms with van der Waals surface area (Å²) in [5.41, 5.74) is -0.867. The van der Waals surface area contributed by atoms with Crippen molar-refractivity contribution >= 4 is 0 Å². The van der Waals surface area contributed by atoms with E-state index in [2.05, 4.69) is 20.8 Å². The molecule has 0 aromatic heterocycles. The lowest BCUT2D eigenvalue weighted by molar-refractivity contribution is -0.0759. The number of rotatable bonds is 41. The van der Waals surface area contributed by atoms with Gasteiger partial charge in [0, 0.05) is 0 Å². The molecule has 0 saturated carbocycles. The Hall–Kier alpha value is -0.0800. The zero-order valence-electron chi connectivity index (χ0n) is 33.3. The predicted molar refractivity (Wildman–Crippen MR) is 213 cm³/mol. The largest absolute Gasteiger partial charge is 0.393 e. The van der Waals surface area contributed by atoms with Crippen LogP contribution < -0.4 is 0 Å². The van der Waals surface area contributed by atoms with Crippen LogP contribution in [0.2, 0.25) is 0 Å². The van der Waals surface area contributed by atoms with E-state index in [1.165, 1.54) is 225 Å². The molecule has 0 aliphatic heterocycles. The van der Waals surface area contributed by atoms with Crippen LogP contribution in [0.15, 0.2) is 0 Å². The molecule has 0 saturated heterocycles. The van der Waals surface area contributed by atoms with Gasteiger partial charge in [-0.3, -0.25) is 0 Å². The Morgan fingerprint density at radius 2 is 0.532 bits per heavy atom. The minimum Gasteiger partial charge on any atom is -0.393 e. The number of hydrogen-bond donors (Lipinski definition) is 2. The van der Waals surface area contributed by atoms with Crippen molar-refractivity contribution in [3.05, 3.63) is 0 Å².